The lowest BCUT2D eigenvalue weighted by Gasteiger charge is -2.26. The van der Waals surface area contributed by atoms with Crippen molar-refractivity contribution in [3.05, 3.63) is 34.0 Å². The maximum Gasteiger partial charge on any atom is 0.263 e. The van der Waals surface area contributed by atoms with Crippen LogP contribution >= 0.6 is 11.3 Å². The van der Waals surface area contributed by atoms with E-state index in [1.165, 1.54) is 12.5 Å². The fourth-order valence-electron chi connectivity index (χ4n) is 3.81. The fourth-order valence-corrected chi connectivity index (χ4v) is 4.79. The van der Waals surface area contributed by atoms with Gasteiger partial charge in [0.25, 0.3) is 5.91 Å². The molecule has 1 saturated heterocycles. The van der Waals surface area contributed by atoms with Gasteiger partial charge >= 0.3 is 0 Å². The summed E-state index contributed by atoms with van der Waals surface area (Å²) in [6.45, 7) is 4.15. The van der Waals surface area contributed by atoms with E-state index in [1.54, 1.807) is 4.90 Å². The quantitative estimate of drug-likeness (QED) is 0.212. The third-order valence-electron chi connectivity index (χ3n) is 5.57. The second kappa shape index (κ2) is 13.0. The van der Waals surface area contributed by atoms with Crippen molar-refractivity contribution in [1.82, 2.24) is 15.2 Å². The molecule has 6 N–H and O–H groups in total. The van der Waals surface area contributed by atoms with Crippen LogP contribution in [0.15, 0.2) is 28.4 Å². The molecule has 190 valence electrons. The minimum absolute atomic E-state index is 0.0437. The molecule has 0 atom stereocenters. The summed E-state index contributed by atoms with van der Waals surface area (Å²) in [5.74, 6) is -0.374. The summed E-state index contributed by atoms with van der Waals surface area (Å²) in [6.07, 6.45) is 7.67. The molecule has 1 aliphatic carbocycles. The lowest BCUT2D eigenvalue weighted by Crippen LogP contribution is -2.40. The maximum atomic E-state index is 12.9. The van der Waals surface area contributed by atoms with E-state index in [4.69, 9.17) is 16.2 Å². The molecular formula is C23H33N7O4S. The largest absolute Gasteiger partial charge is 0.378 e. The number of amides is 3. The molecule has 0 aromatic carbocycles. The molecule has 35 heavy (non-hydrogen) atoms. The van der Waals surface area contributed by atoms with Gasteiger partial charge in [0, 0.05) is 38.7 Å². The molecule has 1 aromatic rings. The van der Waals surface area contributed by atoms with Gasteiger partial charge in [0.1, 0.15) is 4.88 Å². The first kappa shape index (κ1) is 26.4. The van der Waals surface area contributed by atoms with Crippen LogP contribution in [0.5, 0.6) is 0 Å². The molecule has 3 rings (SSSR count). The van der Waals surface area contributed by atoms with Gasteiger partial charge in [0.15, 0.2) is 11.1 Å². The van der Waals surface area contributed by atoms with E-state index in [0.717, 1.165) is 36.3 Å². The van der Waals surface area contributed by atoms with Crippen LogP contribution in [0.1, 0.15) is 54.4 Å². The fraction of sp³-hybridized carbons (Fsp3) is 0.522. The third kappa shape index (κ3) is 8.48. The number of carbonyl (C=O) groups is 3. The zero-order chi connectivity index (χ0) is 25.2. The smallest absolute Gasteiger partial charge is 0.263 e. The molecule has 0 saturated carbocycles. The van der Waals surface area contributed by atoms with Gasteiger partial charge in [-0.15, -0.1) is 0 Å². The minimum Gasteiger partial charge on any atom is -0.378 e. The number of anilines is 1. The van der Waals surface area contributed by atoms with Crippen LogP contribution in [0.2, 0.25) is 0 Å². The predicted molar refractivity (Wildman–Crippen MR) is 135 cm³/mol. The number of morpholine rings is 1. The van der Waals surface area contributed by atoms with Crippen LogP contribution in [-0.2, 0) is 20.7 Å². The van der Waals surface area contributed by atoms with Gasteiger partial charge in [-0.25, -0.2) is 9.98 Å². The Morgan fingerprint density at radius 3 is 2.60 bits per heavy atom. The Balaban J connectivity index is 1.56. The van der Waals surface area contributed by atoms with Crippen molar-refractivity contribution >= 4 is 40.1 Å². The number of thiazole rings is 1. The van der Waals surface area contributed by atoms with Crippen molar-refractivity contribution in [2.45, 2.75) is 45.4 Å². The summed E-state index contributed by atoms with van der Waals surface area (Å²) < 4.78 is 5.27. The first-order valence-electron chi connectivity index (χ1n) is 11.7. The number of allylic oxidation sites excluding steroid dienone is 4. The van der Waals surface area contributed by atoms with Crippen molar-refractivity contribution in [1.29, 1.82) is 0 Å². The Hall–Kier alpha value is -3.25. The SMILES string of the molecule is CC(=O)Nc1nc(CCC2=CC=C(N=C(N)N)CC2)c(C(=O)NCCCC(=O)N2CCOCC2)s1. The number of rotatable bonds is 10. The average molecular weight is 504 g/mol. The number of ether oxygens (including phenoxy) is 1. The molecule has 1 aliphatic heterocycles. The Morgan fingerprint density at radius 1 is 1.17 bits per heavy atom. The second-order valence-corrected chi connectivity index (χ2v) is 9.35. The van der Waals surface area contributed by atoms with E-state index >= 15 is 0 Å². The number of nitrogens with one attached hydrogen (secondary N) is 2. The van der Waals surface area contributed by atoms with Crippen molar-refractivity contribution in [3.8, 4) is 0 Å². The summed E-state index contributed by atoms with van der Waals surface area (Å²) in [5.41, 5.74) is 13.6. The molecule has 12 heteroatoms. The Kier molecular flexibility index (Phi) is 9.79. The Morgan fingerprint density at radius 2 is 1.94 bits per heavy atom. The average Bonchev–Trinajstić information content (AvgIpc) is 3.23. The van der Waals surface area contributed by atoms with Gasteiger partial charge in [-0.05, 0) is 38.2 Å². The van der Waals surface area contributed by atoms with E-state index in [0.29, 0.717) is 67.8 Å². The lowest BCUT2D eigenvalue weighted by molar-refractivity contribution is -0.135. The predicted octanol–water partition coefficient (Wildman–Crippen LogP) is 1.28. The summed E-state index contributed by atoms with van der Waals surface area (Å²) in [6, 6.07) is 0. The summed E-state index contributed by atoms with van der Waals surface area (Å²) in [7, 11) is 0. The van der Waals surface area contributed by atoms with Crippen LogP contribution in [0.4, 0.5) is 5.13 Å². The molecule has 2 heterocycles. The van der Waals surface area contributed by atoms with Crippen LogP contribution in [-0.4, -0.2) is 66.4 Å². The van der Waals surface area contributed by atoms with E-state index in [2.05, 4.69) is 20.6 Å². The van der Waals surface area contributed by atoms with Crippen molar-refractivity contribution in [2.75, 3.05) is 38.2 Å². The molecule has 11 nitrogen and oxygen atoms in total. The Bertz CT molecular complexity index is 1020. The van der Waals surface area contributed by atoms with Gasteiger partial charge in [-0.3, -0.25) is 14.4 Å². The van der Waals surface area contributed by atoms with Gasteiger partial charge in [0.05, 0.1) is 18.9 Å². The topological polar surface area (TPSA) is 165 Å². The van der Waals surface area contributed by atoms with Crippen LogP contribution in [0, 0.1) is 0 Å². The van der Waals surface area contributed by atoms with Crippen molar-refractivity contribution < 1.29 is 19.1 Å². The summed E-state index contributed by atoms with van der Waals surface area (Å²) in [5, 5.41) is 5.95. The molecule has 1 aromatic heterocycles. The first-order chi connectivity index (χ1) is 16.8. The highest BCUT2D eigenvalue weighted by Crippen LogP contribution is 2.27. The highest BCUT2D eigenvalue weighted by Gasteiger charge is 2.20. The van der Waals surface area contributed by atoms with E-state index in [9.17, 15) is 14.4 Å². The molecule has 3 amide bonds. The summed E-state index contributed by atoms with van der Waals surface area (Å²) in [4.78, 5) is 47.5. The maximum absolute atomic E-state index is 12.9. The monoisotopic (exact) mass is 503 g/mol. The molecule has 0 radical (unpaired) electrons. The van der Waals surface area contributed by atoms with Gasteiger partial charge in [-0.1, -0.05) is 23.0 Å². The summed E-state index contributed by atoms with van der Waals surface area (Å²) >= 11 is 1.16. The van der Waals surface area contributed by atoms with E-state index in [1.807, 2.05) is 12.2 Å². The van der Waals surface area contributed by atoms with Crippen LogP contribution < -0.4 is 22.1 Å². The zero-order valence-electron chi connectivity index (χ0n) is 20.0. The number of aromatic nitrogens is 1. The molecule has 2 aliphatic rings. The van der Waals surface area contributed by atoms with E-state index < -0.39 is 0 Å². The van der Waals surface area contributed by atoms with E-state index in [-0.39, 0.29) is 23.7 Å². The van der Waals surface area contributed by atoms with Gasteiger partial charge in [0.2, 0.25) is 11.8 Å². The molecule has 1 fully saturated rings. The molecule has 0 spiro atoms. The van der Waals surface area contributed by atoms with Crippen LogP contribution in [0.3, 0.4) is 0 Å². The molecule has 0 unspecified atom stereocenters. The number of aryl methyl sites for hydroxylation is 1. The third-order valence-corrected chi connectivity index (χ3v) is 6.58. The minimum atomic E-state index is -0.250. The Labute approximate surface area is 208 Å². The number of aliphatic imine (C=N–C) groups is 1. The number of hydrogen-bond donors (Lipinski definition) is 4. The molecule has 0 bridgehead atoms. The van der Waals surface area contributed by atoms with Crippen molar-refractivity contribution in [2.24, 2.45) is 16.5 Å². The van der Waals surface area contributed by atoms with Gasteiger partial charge in [-0.2, -0.15) is 0 Å². The number of nitrogens with zero attached hydrogens (tertiary/aromatic N) is 3. The van der Waals surface area contributed by atoms with Crippen LogP contribution in [0.25, 0.3) is 0 Å². The number of carbonyl (C=O) groups excluding carboxylic acids is 3. The second-order valence-electron chi connectivity index (χ2n) is 8.35. The first-order valence-corrected chi connectivity index (χ1v) is 12.5. The van der Waals surface area contributed by atoms with Crippen molar-refractivity contribution in [3.63, 3.8) is 0 Å². The molecular weight excluding hydrogens is 470 g/mol. The number of hydrogen-bond acceptors (Lipinski definition) is 7. The number of guanidine groups is 1. The highest BCUT2D eigenvalue weighted by molar-refractivity contribution is 7.17. The zero-order valence-corrected chi connectivity index (χ0v) is 20.8. The normalized spacial score (nSPS) is 15.6. The standard InChI is InChI=1S/C23H33N7O4S/c1-15(31)27-23-29-18(9-6-16-4-7-17(8-5-16)28-22(24)25)20(35-23)21(33)26-10-2-3-19(32)30-11-13-34-14-12-30/h4,7H,2-3,5-6,8-14H2,1H3,(H,26,33)(H4,24,25,28)(H,27,29,31). The highest BCUT2D eigenvalue weighted by atomic mass is 32.1. The lowest BCUT2D eigenvalue weighted by atomic mass is 9.97. The number of nitrogens with two attached hydrogens (primary N) is 2. The van der Waals surface area contributed by atoms with Gasteiger partial charge < -0.3 is 31.7 Å².